The number of sulfonamides is 1. The molecule has 144 valence electrons. The fraction of sp³-hybridized carbons (Fsp3) is 0.176. The van der Waals surface area contributed by atoms with E-state index in [-0.39, 0.29) is 10.7 Å². The number of fused-ring (bicyclic) bond motifs is 2. The Kier molecular flexibility index (Phi) is 5.03. The predicted molar refractivity (Wildman–Crippen MR) is 108 cm³/mol. The summed E-state index contributed by atoms with van der Waals surface area (Å²) in [6.07, 6.45) is 0. The zero-order chi connectivity index (χ0) is 19.6. The van der Waals surface area contributed by atoms with Gasteiger partial charge in [-0.1, -0.05) is 18.2 Å². The average molecular weight is 416 g/mol. The van der Waals surface area contributed by atoms with Gasteiger partial charge in [-0.15, -0.1) is 0 Å². The van der Waals surface area contributed by atoms with Crippen molar-refractivity contribution < 1.29 is 13.2 Å². The third kappa shape index (κ3) is 3.59. The minimum absolute atomic E-state index is 0.0385. The topological polar surface area (TPSA) is 119 Å². The first-order valence-corrected chi connectivity index (χ1v) is 10.5. The Morgan fingerprint density at radius 3 is 2.43 bits per heavy atom. The molecule has 0 aliphatic carbocycles. The van der Waals surface area contributed by atoms with Gasteiger partial charge in [0.1, 0.15) is 15.9 Å². The molecule has 0 spiro atoms. The highest BCUT2D eigenvalue weighted by Gasteiger charge is 2.22. The molecule has 2 aromatic heterocycles. The highest BCUT2D eigenvalue weighted by atomic mass is 32.2. The van der Waals surface area contributed by atoms with Gasteiger partial charge in [-0.3, -0.25) is 4.72 Å². The molecule has 11 heteroatoms. The normalized spacial score (nSPS) is 11.8. The molecule has 28 heavy (non-hydrogen) atoms. The monoisotopic (exact) mass is 416 g/mol. The van der Waals surface area contributed by atoms with Gasteiger partial charge in [0.05, 0.1) is 29.4 Å². The summed E-state index contributed by atoms with van der Waals surface area (Å²) in [6, 6.07) is 12.1. The van der Waals surface area contributed by atoms with E-state index in [1.165, 1.54) is 6.07 Å². The average Bonchev–Trinajstić information content (AvgIpc) is 3.17. The van der Waals surface area contributed by atoms with Crippen LogP contribution in [-0.4, -0.2) is 47.4 Å². The minimum Gasteiger partial charge on any atom is -0.383 e. The van der Waals surface area contributed by atoms with Crippen molar-refractivity contribution in [3.8, 4) is 0 Å². The summed E-state index contributed by atoms with van der Waals surface area (Å²) < 4.78 is 41.8. The van der Waals surface area contributed by atoms with Crippen molar-refractivity contribution in [3.05, 3.63) is 42.5 Å². The Bertz CT molecular complexity index is 1240. The van der Waals surface area contributed by atoms with E-state index in [2.05, 4.69) is 28.8 Å². The lowest BCUT2D eigenvalue weighted by atomic mass is 10.3. The lowest BCUT2D eigenvalue weighted by molar-refractivity contribution is 0.210. The van der Waals surface area contributed by atoms with Crippen LogP contribution in [0.4, 0.5) is 11.6 Å². The number of nitrogens with one attached hydrogen (secondary N) is 2. The van der Waals surface area contributed by atoms with Gasteiger partial charge in [0.2, 0.25) is 0 Å². The van der Waals surface area contributed by atoms with Crippen LogP contribution >= 0.6 is 11.7 Å². The van der Waals surface area contributed by atoms with E-state index in [1.54, 1.807) is 25.3 Å². The van der Waals surface area contributed by atoms with Gasteiger partial charge in [0, 0.05) is 13.7 Å². The van der Waals surface area contributed by atoms with E-state index >= 15 is 0 Å². The molecular formula is C17H16N6O3S2. The maximum Gasteiger partial charge on any atom is 0.265 e. The highest BCUT2D eigenvalue weighted by molar-refractivity contribution is 7.93. The maximum absolute atomic E-state index is 13.0. The van der Waals surface area contributed by atoms with Crippen LogP contribution in [0.2, 0.25) is 0 Å². The van der Waals surface area contributed by atoms with E-state index in [1.807, 2.05) is 18.2 Å². The van der Waals surface area contributed by atoms with E-state index in [9.17, 15) is 8.42 Å². The van der Waals surface area contributed by atoms with Gasteiger partial charge in [0.25, 0.3) is 10.0 Å². The fourth-order valence-electron chi connectivity index (χ4n) is 2.65. The minimum atomic E-state index is -3.95. The number of nitrogens with zero attached hydrogens (tertiary/aromatic N) is 4. The number of rotatable bonds is 7. The molecule has 0 fully saturated rings. The summed E-state index contributed by atoms with van der Waals surface area (Å²) in [6.45, 7) is 0.883. The number of hydrogen-bond donors (Lipinski definition) is 2. The predicted octanol–water partition coefficient (Wildman–Crippen LogP) is 2.49. The second kappa shape index (κ2) is 7.62. The van der Waals surface area contributed by atoms with Crippen molar-refractivity contribution in [1.82, 2.24) is 18.7 Å². The Morgan fingerprint density at radius 2 is 1.68 bits per heavy atom. The summed E-state index contributed by atoms with van der Waals surface area (Å²) in [5.41, 5.74) is 2.07. The molecule has 0 aliphatic rings. The van der Waals surface area contributed by atoms with Crippen LogP contribution in [0.1, 0.15) is 0 Å². The third-order valence-corrected chi connectivity index (χ3v) is 5.85. The molecule has 2 heterocycles. The molecule has 4 aromatic rings. The summed E-state index contributed by atoms with van der Waals surface area (Å²) in [5, 5.41) is 3.06. The summed E-state index contributed by atoms with van der Waals surface area (Å²) >= 11 is 0.962. The standard InChI is InChI=1S/C17H16N6O3S2/c1-26-10-9-18-16-17(20-12-6-3-2-5-11(12)19-16)23-28(24,25)14-8-4-7-13-15(14)22-27-21-13/h2-8H,9-10H2,1H3,(H,18,19)(H,20,23). The SMILES string of the molecule is COCCNc1nc2ccccc2nc1NS(=O)(=O)c1cccc2nsnc12. The van der Waals surface area contributed by atoms with Crippen molar-refractivity contribution in [2.24, 2.45) is 0 Å². The van der Waals surface area contributed by atoms with Crippen LogP contribution in [0.15, 0.2) is 47.4 Å². The van der Waals surface area contributed by atoms with Crippen molar-refractivity contribution in [2.75, 3.05) is 30.3 Å². The number of benzene rings is 2. The molecule has 0 saturated heterocycles. The van der Waals surface area contributed by atoms with Crippen LogP contribution in [0, 0.1) is 0 Å². The molecule has 0 bridgehead atoms. The molecule has 4 rings (SSSR count). The molecule has 2 N–H and O–H groups in total. The van der Waals surface area contributed by atoms with Crippen LogP contribution in [0.3, 0.4) is 0 Å². The molecule has 0 unspecified atom stereocenters. The van der Waals surface area contributed by atoms with Gasteiger partial charge in [-0.25, -0.2) is 18.4 Å². The van der Waals surface area contributed by atoms with Crippen LogP contribution in [0.5, 0.6) is 0 Å². The zero-order valence-electron chi connectivity index (χ0n) is 14.8. The van der Waals surface area contributed by atoms with Gasteiger partial charge in [0.15, 0.2) is 11.6 Å². The van der Waals surface area contributed by atoms with Gasteiger partial charge >= 0.3 is 0 Å². The quantitative estimate of drug-likeness (QED) is 0.441. The van der Waals surface area contributed by atoms with Crippen LogP contribution in [-0.2, 0) is 14.8 Å². The number of para-hydroxylation sites is 2. The maximum atomic E-state index is 13.0. The third-order valence-electron chi connectivity index (χ3n) is 3.94. The Morgan fingerprint density at radius 1 is 0.964 bits per heavy atom. The second-order valence-corrected chi connectivity index (χ2v) is 8.00. The Balaban J connectivity index is 1.76. The Labute approximate surface area is 165 Å². The smallest absolute Gasteiger partial charge is 0.265 e. The number of aromatic nitrogens is 4. The summed E-state index contributed by atoms with van der Waals surface area (Å²) in [5.74, 6) is 0.429. The first-order valence-electron chi connectivity index (χ1n) is 8.32. The molecule has 0 aliphatic heterocycles. The zero-order valence-corrected chi connectivity index (χ0v) is 16.4. The molecule has 0 atom stereocenters. The van der Waals surface area contributed by atoms with Gasteiger partial charge in [-0.2, -0.15) is 8.75 Å². The Hall–Kier alpha value is -2.89. The molecular weight excluding hydrogens is 400 g/mol. The van der Waals surface area contributed by atoms with Crippen LogP contribution in [0.25, 0.3) is 22.1 Å². The molecule has 0 radical (unpaired) electrons. The molecule has 0 saturated carbocycles. The molecule has 2 aromatic carbocycles. The van der Waals surface area contributed by atoms with Gasteiger partial charge < -0.3 is 10.1 Å². The van der Waals surface area contributed by atoms with E-state index < -0.39 is 10.0 Å². The van der Waals surface area contributed by atoms with Crippen molar-refractivity contribution in [2.45, 2.75) is 4.90 Å². The largest absolute Gasteiger partial charge is 0.383 e. The second-order valence-electron chi connectivity index (χ2n) is 5.82. The highest BCUT2D eigenvalue weighted by Crippen LogP contribution is 2.27. The number of ether oxygens (including phenoxy) is 1. The fourth-order valence-corrected chi connectivity index (χ4v) is 4.42. The van der Waals surface area contributed by atoms with Crippen LogP contribution < -0.4 is 10.0 Å². The number of methoxy groups -OCH3 is 1. The van der Waals surface area contributed by atoms with Crippen molar-refractivity contribution >= 4 is 55.5 Å². The summed E-state index contributed by atoms with van der Waals surface area (Å²) in [7, 11) is -2.37. The number of hydrogen-bond acceptors (Lipinski definition) is 9. The van der Waals surface area contributed by atoms with E-state index in [4.69, 9.17) is 4.74 Å². The first-order chi connectivity index (χ1) is 13.6. The van der Waals surface area contributed by atoms with Crippen molar-refractivity contribution in [1.29, 1.82) is 0 Å². The lowest BCUT2D eigenvalue weighted by Gasteiger charge is -2.13. The van der Waals surface area contributed by atoms with E-state index in [0.717, 1.165) is 11.7 Å². The summed E-state index contributed by atoms with van der Waals surface area (Å²) in [4.78, 5) is 8.98. The van der Waals surface area contributed by atoms with Crippen molar-refractivity contribution in [3.63, 3.8) is 0 Å². The first kappa shape index (κ1) is 18.5. The molecule has 0 amide bonds. The molecule has 9 nitrogen and oxygen atoms in total. The number of anilines is 2. The lowest BCUT2D eigenvalue weighted by Crippen LogP contribution is -2.18. The van der Waals surface area contributed by atoms with Gasteiger partial charge in [-0.05, 0) is 24.3 Å². The van der Waals surface area contributed by atoms with E-state index in [0.29, 0.717) is 41.0 Å².